The van der Waals surface area contributed by atoms with E-state index in [1.165, 1.54) is 5.56 Å². The molecule has 0 heterocycles. The highest BCUT2D eigenvalue weighted by molar-refractivity contribution is 7.92. The molecule has 0 aromatic heterocycles. The van der Waals surface area contributed by atoms with Gasteiger partial charge in [-0.25, -0.2) is 8.42 Å². The Bertz CT molecular complexity index is 841. The molecule has 0 radical (unpaired) electrons. The van der Waals surface area contributed by atoms with Crippen molar-refractivity contribution < 1.29 is 18.3 Å². The number of aliphatic carboxylic acids is 1. The highest BCUT2D eigenvalue weighted by atomic mass is 32.2. The lowest BCUT2D eigenvalue weighted by Crippen LogP contribution is -2.13. The number of benzene rings is 2. The summed E-state index contributed by atoms with van der Waals surface area (Å²) in [6.07, 6.45) is 2.91. The molecule has 1 aliphatic carbocycles. The third kappa shape index (κ3) is 3.53. The summed E-state index contributed by atoms with van der Waals surface area (Å²) in [5, 5.41) is 8.74. The summed E-state index contributed by atoms with van der Waals surface area (Å²) in [5.74, 6) is -0.920. The minimum atomic E-state index is -3.64. The van der Waals surface area contributed by atoms with Crippen molar-refractivity contribution >= 4 is 21.7 Å². The third-order valence-electron chi connectivity index (χ3n) is 3.94. The van der Waals surface area contributed by atoms with E-state index in [9.17, 15) is 13.2 Å². The standard InChI is InChI=1S/C17H17NO4S/c19-17(20)10-12-4-7-15(8-5-12)18-23(21,22)16-9-6-13-2-1-3-14(13)11-16/h4-9,11,18H,1-3,10H2,(H,19,20). The number of hydrogen-bond donors (Lipinski definition) is 2. The molecule has 0 saturated heterocycles. The molecule has 3 rings (SSSR count). The van der Waals surface area contributed by atoms with E-state index in [0.717, 1.165) is 24.8 Å². The van der Waals surface area contributed by atoms with Crippen LogP contribution in [-0.2, 0) is 34.1 Å². The molecule has 120 valence electrons. The number of carbonyl (C=O) groups is 1. The molecule has 0 bridgehead atoms. The van der Waals surface area contributed by atoms with Crippen molar-refractivity contribution in [1.29, 1.82) is 0 Å². The van der Waals surface area contributed by atoms with Crippen LogP contribution < -0.4 is 4.72 Å². The van der Waals surface area contributed by atoms with Crippen LogP contribution >= 0.6 is 0 Å². The van der Waals surface area contributed by atoms with Gasteiger partial charge in [-0.1, -0.05) is 18.2 Å². The maximum absolute atomic E-state index is 12.5. The van der Waals surface area contributed by atoms with Gasteiger partial charge in [0, 0.05) is 5.69 Å². The van der Waals surface area contributed by atoms with Crippen LogP contribution in [0.1, 0.15) is 23.1 Å². The second kappa shape index (κ2) is 6.04. The summed E-state index contributed by atoms with van der Waals surface area (Å²) in [6.45, 7) is 0. The fourth-order valence-electron chi connectivity index (χ4n) is 2.79. The summed E-state index contributed by atoms with van der Waals surface area (Å²) in [7, 11) is -3.64. The molecule has 1 aliphatic rings. The Balaban J connectivity index is 1.79. The molecular weight excluding hydrogens is 314 g/mol. The number of rotatable bonds is 5. The van der Waals surface area contributed by atoms with Crippen LogP contribution in [0.15, 0.2) is 47.4 Å². The number of aryl methyl sites for hydroxylation is 2. The van der Waals surface area contributed by atoms with Crippen LogP contribution in [0.4, 0.5) is 5.69 Å². The second-order valence-electron chi connectivity index (χ2n) is 5.66. The number of nitrogens with one attached hydrogen (secondary N) is 1. The molecule has 5 nitrogen and oxygen atoms in total. The fraction of sp³-hybridized carbons (Fsp3) is 0.235. The Kier molecular flexibility index (Phi) is 4.09. The first-order valence-electron chi connectivity index (χ1n) is 7.39. The second-order valence-corrected chi connectivity index (χ2v) is 7.34. The average Bonchev–Trinajstić information content (AvgIpc) is 2.96. The van der Waals surface area contributed by atoms with Crippen LogP contribution in [-0.4, -0.2) is 19.5 Å². The smallest absolute Gasteiger partial charge is 0.307 e. The van der Waals surface area contributed by atoms with E-state index in [1.807, 2.05) is 6.07 Å². The Morgan fingerprint density at radius 1 is 1.04 bits per heavy atom. The van der Waals surface area contributed by atoms with Crippen LogP contribution in [0.25, 0.3) is 0 Å². The zero-order chi connectivity index (χ0) is 16.4. The molecule has 2 aromatic carbocycles. The molecule has 0 spiro atoms. The third-order valence-corrected chi connectivity index (χ3v) is 5.32. The van der Waals surface area contributed by atoms with Gasteiger partial charge in [-0.15, -0.1) is 0 Å². The predicted octanol–water partition coefficient (Wildman–Crippen LogP) is 2.60. The SMILES string of the molecule is O=C(O)Cc1ccc(NS(=O)(=O)c2ccc3c(c2)CCC3)cc1. The van der Waals surface area contributed by atoms with Crippen molar-refractivity contribution in [3.05, 3.63) is 59.2 Å². The number of hydrogen-bond acceptors (Lipinski definition) is 3. The quantitative estimate of drug-likeness (QED) is 0.882. The maximum Gasteiger partial charge on any atom is 0.307 e. The predicted molar refractivity (Wildman–Crippen MR) is 87.1 cm³/mol. The Morgan fingerprint density at radius 3 is 2.43 bits per heavy atom. The number of carboxylic acid groups (broad SMARTS) is 1. The minimum absolute atomic E-state index is 0.0855. The van der Waals surface area contributed by atoms with Gasteiger partial charge in [-0.3, -0.25) is 9.52 Å². The summed E-state index contributed by atoms with van der Waals surface area (Å²) < 4.78 is 27.4. The van der Waals surface area contributed by atoms with Gasteiger partial charge in [0.15, 0.2) is 0 Å². The first-order valence-corrected chi connectivity index (χ1v) is 8.88. The molecule has 6 heteroatoms. The molecule has 0 amide bonds. The molecule has 0 atom stereocenters. The first kappa shape index (κ1) is 15.6. The minimum Gasteiger partial charge on any atom is -0.481 e. The summed E-state index contributed by atoms with van der Waals surface area (Å²) >= 11 is 0. The fourth-order valence-corrected chi connectivity index (χ4v) is 3.90. The van der Waals surface area contributed by atoms with Crippen LogP contribution in [0.5, 0.6) is 0 Å². The molecule has 23 heavy (non-hydrogen) atoms. The van der Waals surface area contributed by atoms with Crippen molar-refractivity contribution in [2.45, 2.75) is 30.6 Å². The van der Waals surface area contributed by atoms with Gasteiger partial charge in [-0.05, 0) is 60.2 Å². The molecular formula is C17H17NO4S. The molecule has 2 aromatic rings. The van der Waals surface area contributed by atoms with E-state index in [1.54, 1.807) is 36.4 Å². The van der Waals surface area contributed by atoms with Gasteiger partial charge in [-0.2, -0.15) is 0 Å². The molecule has 0 saturated carbocycles. The Labute approximate surface area is 135 Å². The normalized spacial score (nSPS) is 13.6. The van der Waals surface area contributed by atoms with Gasteiger partial charge >= 0.3 is 5.97 Å². The zero-order valence-corrected chi connectivity index (χ0v) is 13.3. The van der Waals surface area contributed by atoms with Gasteiger partial charge in [0.2, 0.25) is 0 Å². The maximum atomic E-state index is 12.5. The van der Waals surface area contributed by atoms with Gasteiger partial charge in [0.1, 0.15) is 0 Å². The molecule has 0 fully saturated rings. The Hall–Kier alpha value is -2.34. The Morgan fingerprint density at radius 2 is 1.74 bits per heavy atom. The molecule has 0 unspecified atom stereocenters. The molecule has 0 aliphatic heterocycles. The van der Waals surface area contributed by atoms with Gasteiger partial charge < -0.3 is 5.11 Å². The monoisotopic (exact) mass is 331 g/mol. The number of sulfonamides is 1. The summed E-state index contributed by atoms with van der Waals surface area (Å²) in [6, 6.07) is 11.6. The van der Waals surface area contributed by atoms with Crippen molar-refractivity contribution in [1.82, 2.24) is 0 Å². The van der Waals surface area contributed by atoms with E-state index in [4.69, 9.17) is 5.11 Å². The topological polar surface area (TPSA) is 83.5 Å². The number of anilines is 1. The first-order chi connectivity index (χ1) is 10.9. The van der Waals surface area contributed by atoms with Crippen molar-refractivity contribution in [2.75, 3.05) is 4.72 Å². The van der Waals surface area contributed by atoms with E-state index >= 15 is 0 Å². The van der Waals surface area contributed by atoms with Gasteiger partial charge in [0.05, 0.1) is 11.3 Å². The van der Waals surface area contributed by atoms with Gasteiger partial charge in [0.25, 0.3) is 10.0 Å². The summed E-state index contributed by atoms with van der Waals surface area (Å²) in [5.41, 5.74) is 3.37. The van der Waals surface area contributed by atoms with Crippen LogP contribution in [0, 0.1) is 0 Å². The van der Waals surface area contributed by atoms with Crippen molar-refractivity contribution in [3.8, 4) is 0 Å². The number of carboxylic acids is 1. The van der Waals surface area contributed by atoms with E-state index in [-0.39, 0.29) is 11.3 Å². The van der Waals surface area contributed by atoms with Crippen LogP contribution in [0.2, 0.25) is 0 Å². The zero-order valence-electron chi connectivity index (χ0n) is 12.5. The molecule has 2 N–H and O–H groups in total. The van der Waals surface area contributed by atoms with E-state index in [2.05, 4.69) is 4.72 Å². The number of fused-ring (bicyclic) bond motifs is 1. The van der Waals surface area contributed by atoms with Crippen molar-refractivity contribution in [3.63, 3.8) is 0 Å². The van der Waals surface area contributed by atoms with E-state index < -0.39 is 16.0 Å². The van der Waals surface area contributed by atoms with Crippen molar-refractivity contribution in [2.24, 2.45) is 0 Å². The average molecular weight is 331 g/mol. The van der Waals surface area contributed by atoms with Crippen LogP contribution in [0.3, 0.4) is 0 Å². The lowest BCUT2D eigenvalue weighted by molar-refractivity contribution is -0.136. The largest absolute Gasteiger partial charge is 0.481 e. The lowest BCUT2D eigenvalue weighted by atomic mass is 10.1. The summed E-state index contributed by atoms with van der Waals surface area (Å²) in [4.78, 5) is 10.9. The lowest BCUT2D eigenvalue weighted by Gasteiger charge is -2.10. The highest BCUT2D eigenvalue weighted by Gasteiger charge is 2.18. The van der Waals surface area contributed by atoms with E-state index in [0.29, 0.717) is 11.3 Å². The highest BCUT2D eigenvalue weighted by Crippen LogP contribution is 2.25.